The largest absolute Gasteiger partial charge is 0.573 e. The van der Waals surface area contributed by atoms with Gasteiger partial charge in [-0.05, 0) is 30.2 Å². The van der Waals surface area contributed by atoms with Crippen molar-refractivity contribution in [3.8, 4) is 5.75 Å². The molecule has 0 saturated carbocycles. The first-order chi connectivity index (χ1) is 7.78. The molecule has 0 amide bonds. The van der Waals surface area contributed by atoms with Crippen LogP contribution in [-0.2, 0) is 11.2 Å². The molecular formula is C10H8ClF3O3. The minimum atomic E-state index is -4.81. The minimum absolute atomic E-state index is 0.0820. The number of carbonyl (C=O) groups is 1. The fraction of sp³-hybridized carbons (Fsp3) is 0.300. The van der Waals surface area contributed by atoms with E-state index in [0.717, 1.165) is 6.07 Å². The van der Waals surface area contributed by atoms with Crippen molar-refractivity contribution in [2.24, 2.45) is 0 Å². The highest BCUT2D eigenvalue weighted by Crippen LogP contribution is 2.29. The van der Waals surface area contributed by atoms with E-state index in [4.69, 9.17) is 16.7 Å². The van der Waals surface area contributed by atoms with E-state index in [1.807, 2.05) is 0 Å². The molecule has 0 aromatic heterocycles. The van der Waals surface area contributed by atoms with Gasteiger partial charge in [0.15, 0.2) is 0 Å². The monoisotopic (exact) mass is 268 g/mol. The molecule has 1 aromatic carbocycles. The Labute approximate surface area is 99.8 Å². The van der Waals surface area contributed by atoms with Gasteiger partial charge in [-0.2, -0.15) is 0 Å². The van der Waals surface area contributed by atoms with Crippen LogP contribution in [0.15, 0.2) is 18.2 Å². The molecule has 0 aliphatic carbocycles. The fourth-order valence-electron chi connectivity index (χ4n) is 1.21. The summed E-state index contributed by atoms with van der Waals surface area (Å²) in [5.74, 6) is -1.54. The Morgan fingerprint density at radius 3 is 2.59 bits per heavy atom. The highest BCUT2D eigenvalue weighted by Gasteiger charge is 2.32. The number of aliphatic carboxylic acids is 1. The van der Waals surface area contributed by atoms with Gasteiger partial charge in [0.25, 0.3) is 0 Å². The van der Waals surface area contributed by atoms with E-state index in [2.05, 4.69) is 4.74 Å². The number of ether oxygens (including phenoxy) is 1. The second-order valence-electron chi connectivity index (χ2n) is 3.19. The maximum absolute atomic E-state index is 12.0. The molecule has 0 radical (unpaired) electrons. The summed E-state index contributed by atoms with van der Waals surface area (Å²) in [4.78, 5) is 10.4. The molecular weight excluding hydrogens is 261 g/mol. The third-order valence-corrected chi connectivity index (χ3v) is 2.09. The number of carboxylic acids is 1. The van der Waals surface area contributed by atoms with Crippen LogP contribution in [0.5, 0.6) is 5.75 Å². The van der Waals surface area contributed by atoms with Gasteiger partial charge in [0.2, 0.25) is 0 Å². The number of halogens is 4. The van der Waals surface area contributed by atoms with Gasteiger partial charge < -0.3 is 9.84 Å². The van der Waals surface area contributed by atoms with Crippen molar-refractivity contribution in [3.05, 3.63) is 28.8 Å². The molecule has 3 nitrogen and oxygen atoms in total. The Hall–Kier alpha value is -1.43. The number of aryl methyl sites for hydroxylation is 1. The van der Waals surface area contributed by atoms with Crippen LogP contribution >= 0.6 is 11.6 Å². The Bertz CT molecular complexity index is 418. The molecule has 0 saturated heterocycles. The van der Waals surface area contributed by atoms with Gasteiger partial charge in [-0.25, -0.2) is 0 Å². The Morgan fingerprint density at radius 2 is 2.06 bits per heavy atom. The summed E-state index contributed by atoms with van der Waals surface area (Å²) in [6.07, 6.45) is -5.19. The maximum Gasteiger partial charge on any atom is 0.573 e. The van der Waals surface area contributed by atoms with Crippen LogP contribution in [0.3, 0.4) is 0 Å². The molecule has 0 aliphatic rings. The molecule has 7 heteroatoms. The summed E-state index contributed by atoms with van der Waals surface area (Å²) < 4.78 is 39.9. The third-order valence-electron chi connectivity index (χ3n) is 1.86. The smallest absolute Gasteiger partial charge is 0.481 e. The van der Waals surface area contributed by atoms with Crippen molar-refractivity contribution >= 4 is 17.6 Å². The van der Waals surface area contributed by atoms with Crippen molar-refractivity contribution in [2.45, 2.75) is 19.2 Å². The van der Waals surface area contributed by atoms with Gasteiger partial charge in [0.05, 0.1) is 0 Å². The van der Waals surface area contributed by atoms with E-state index in [1.54, 1.807) is 0 Å². The molecule has 1 rings (SSSR count). The van der Waals surface area contributed by atoms with Gasteiger partial charge in [0.1, 0.15) is 5.75 Å². The Kier molecular flexibility index (Phi) is 4.22. The van der Waals surface area contributed by atoms with E-state index >= 15 is 0 Å². The summed E-state index contributed by atoms with van der Waals surface area (Å²) in [5.41, 5.74) is 0.109. The van der Waals surface area contributed by atoms with Crippen LogP contribution in [0.1, 0.15) is 12.0 Å². The average molecular weight is 269 g/mol. The van der Waals surface area contributed by atoms with E-state index in [-0.39, 0.29) is 23.4 Å². The lowest BCUT2D eigenvalue weighted by Gasteiger charge is -2.13. The molecule has 1 aromatic rings. The van der Waals surface area contributed by atoms with Crippen LogP contribution in [0.25, 0.3) is 0 Å². The number of rotatable bonds is 4. The van der Waals surface area contributed by atoms with Gasteiger partial charge in [-0.15, -0.1) is 13.2 Å². The molecule has 0 aliphatic heterocycles. The number of hydrogen-bond donors (Lipinski definition) is 1. The van der Waals surface area contributed by atoms with E-state index in [0.29, 0.717) is 0 Å². The maximum atomic E-state index is 12.0. The first kappa shape index (κ1) is 13.6. The molecule has 0 fully saturated rings. The second-order valence-corrected chi connectivity index (χ2v) is 3.63. The average Bonchev–Trinajstić information content (AvgIpc) is 2.16. The van der Waals surface area contributed by atoms with Crippen LogP contribution < -0.4 is 4.74 Å². The first-order valence-corrected chi connectivity index (χ1v) is 4.92. The van der Waals surface area contributed by atoms with E-state index in [1.165, 1.54) is 12.1 Å². The summed E-state index contributed by atoms with van der Waals surface area (Å²) in [5, 5.41) is 8.69. The first-order valence-electron chi connectivity index (χ1n) is 4.54. The predicted octanol–water partition coefficient (Wildman–Crippen LogP) is 3.26. The lowest BCUT2D eigenvalue weighted by molar-refractivity contribution is -0.274. The van der Waals surface area contributed by atoms with E-state index < -0.39 is 18.1 Å². The van der Waals surface area contributed by atoms with Crippen LogP contribution in [0.4, 0.5) is 13.2 Å². The van der Waals surface area contributed by atoms with E-state index in [9.17, 15) is 18.0 Å². The Balaban J connectivity index is 2.91. The predicted molar refractivity (Wildman–Crippen MR) is 54.1 cm³/mol. The highest BCUT2D eigenvalue weighted by molar-refractivity contribution is 6.30. The SMILES string of the molecule is O=C(O)CCc1cc(Cl)ccc1OC(F)(F)F. The van der Waals surface area contributed by atoms with Gasteiger partial charge in [-0.1, -0.05) is 11.6 Å². The van der Waals surface area contributed by atoms with Gasteiger partial charge >= 0.3 is 12.3 Å². The summed E-state index contributed by atoms with van der Waals surface area (Å²) in [6.45, 7) is 0. The van der Waals surface area contributed by atoms with Crippen molar-refractivity contribution in [2.75, 3.05) is 0 Å². The second kappa shape index (κ2) is 5.27. The molecule has 17 heavy (non-hydrogen) atoms. The fourth-order valence-corrected chi connectivity index (χ4v) is 1.40. The van der Waals surface area contributed by atoms with Crippen molar-refractivity contribution < 1.29 is 27.8 Å². The van der Waals surface area contributed by atoms with Crippen molar-refractivity contribution in [1.82, 2.24) is 0 Å². The van der Waals surface area contributed by atoms with Crippen LogP contribution in [0.2, 0.25) is 5.02 Å². The zero-order valence-corrected chi connectivity index (χ0v) is 9.18. The van der Waals surface area contributed by atoms with Crippen molar-refractivity contribution in [1.29, 1.82) is 0 Å². The normalized spacial score (nSPS) is 11.3. The highest BCUT2D eigenvalue weighted by atomic mass is 35.5. The molecule has 0 atom stereocenters. The van der Waals surface area contributed by atoms with Crippen LogP contribution in [-0.4, -0.2) is 17.4 Å². The molecule has 94 valence electrons. The number of hydrogen-bond acceptors (Lipinski definition) is 2. The molecule has 0 bridgehead atoms. The lowest BCUT2D eigenvalue weighted by atomic mass is 10.1. The van der Waals surface area contributed by atoms with Crippen LogP contribution in [0, 0.1) is 0 Å². The summed E-state index contributed by atoms with van der Waals surface area (Å²) in [7, 11) is 0. The third kappa shape index (κ3) is 4.95. The Morgan fingerprint density at radius 1 is 1.41 bits per heavy atom. The standard InChI is InChI=1S/C10H8ClF3O3/c11-7-2-3-8(17-10(12,13)14)6(5-7)1-4-9(15)16/h2-3,5H,1,4H2,(H,15,16). The zero-order valence-electron chi connectivity index (χ0n) is 8.42. The zero-order chi connectivity index (χ0) is 13.1. The summed E-state index contributed by atoms with van der Waals surface area (Å²) >= 11 is 5.62. The van der Waals surface area contributed by atoms with Crippen molar-refractivity contribution in [3.63, 3.8) is 0 Å². The molecule has 0 heterocycles. The number of benzene rings is 1. The minimum Gasteiger partial charge on any atom is -0.481 e. The molecule has 1 N–H and O–H groups in total. The summed E-state index contributed by atoms with van der Waals surface area (Å²) in [6, 6.07) is 3.56. The van der Waals surface area contributed by atoms with Gasteiger partial charge in [0, 0.05) is 11.4 Å². The number of carboxylic acid groups (broad SMARTS) is 1. The topological polar surface area (TPSA) is 46.5 Å². The lowest BCUT2D eigenvalue weighted by Crippen LogP contribution is -2.18. The molecule has 0 spiro atoms. The quantitative estimate of drug-likeness (QED) is 0.912. The van der Waals surface area contributed by atoms with Gasteiger partial charge in [-0.3, -0.25) is 4.79 Å². The number of alkyl halides is 3. The molecule has 0 unspecified atom stereocenters.